The number of benzene rings is 1. The van der Waals surface area contributed by atoms with E-state index in [0.717, 1.165) is 5.56 Å². The van der Waals surface area contributed by atoms with Crippen LogP contribution < -0.4 is 20.1 Å². The second-order valence-corrected chi connectivity index (χ2v) is 7.05. The number of nitrogens with zero attached hydrogens (tertiary/aromatic N) is 1. The second-order valence-electron chi connectivity index (χ2n) is 7.05. The molecule has 8 heteroatoms. The fraction of sp³-hybridized carbons (Fsp3) is 0.409. The van der Waals surface area contributed by atoms with Crippen LogP contribution in [-0.2, 0) is 19.9 Å². The Hall–Kier alpha value is -3.13. The summed E-state index contributed by atoms with van der Waals surface area (Å²) in [6.07, 6.45) is 1.68. The first kappa shape index (κ1) is 23.2. The number of methoxy groups -OCH3 is 3. The van der Waals surface area contributed by atoms with E-state index < -0.39 is 11.5 Å². The summed E-state index contributed by atoms with van der Waals surface area (Å²) >= 11 is 0. The third kappa shape index (κ3) is 5.93. The molecule has 8 nitrogen and oxygen atoms in total. The molecule has 30 heavy (non-hydrogen) atoms. The number of carbonyl (C=O) groups is 2. The normalized spacial score (nSPS) is 13.6. The Kier molecular flexibility index (Phi) is 8.17. The lowest BCUT2D eigenvalue weighted by molar-refractivity contribution is -0.142. The molecule has 162 valence electrons. The van der Waals surface area contributed by atoms with Gasteiger partial charge in [-0.05, 0) is 44.2 Å². The summed E-state index contributed by atoms with van der Waals surface area (Å²) in [7, 11) is 4.49. The second kappa shape index (κ2) is 10.6. The Balaban J connectivity index is 2.10. The summed E-state index contributed by atoms with van der Waals surface area (Å²) in [5.74, 6) is 0.691. The molecule has 0 saturated carbocycles. The van der Waals surface area contributed by atoms with Crippen LogP contribution in [0.25, 0.3) is 0 Å². The highest BCUT2D eigenvalue weighted by Crippen LogP contribution is 2.29. The van der Waals surface area contributed by atoms with Crippen molar-refractivity contribution < 1.29 is 23.8 Å². The minimum atomic E-state index is -0.859. The molecular formula is C22H29N3O5. The van der Waals surface area contributed by atoms with Gasteiger partial charge in [0.05, 0.1) is 51.6 Å². The first-order chi connectivity index (χ1) is 14.3. The van der Waals surface area contributed by atoms with Crippen molar-refractivity contribution in [1.82, 2.24) is 15.6 Å². The topological polar surface area (TPSA) is 98.8 Å². The van der Waals surface area contributed by atoms with E-state index in [-0.39, 0.29) is 24.9 Å². The number of ether oxygens (including phenoxy) is 3. The van der Waals surface area contributed by atoms with Crippen LogP contribution in [0.15, 0.2) is 42.6 Å². The predicted molar refractivity (Wildman–Crippen MR) is 112 cm³/mol. The maximum absolute atomic E-state index is 12.6. The molecular weight excluding hydrogens is 386 g/mol. The van der Waals surface area contributed by atoms with Crippen LogP contribution in [-0.4, -0.2) is 44.7 Å². The van der Waals surface area contributed by atoms with Gasteiger partial charge in [-0.15, -0.1) is 0 Å². The minimum absolute atomic E-state index is 0.0132. The Labute approximate surface area is 176 Å². The number of nitrogens with one attached hydrogen (secondary N) is 2. The van der Waals surface area contributed by atoms with Crippen LogP contribution in [0.1, 0.15) is 37.6 Å². The van der Waals surface area contributed by atoms with Crippen molar-refractivity contribution in [1.29, 1.82) is 0 Å². The molecule has 0 aliphatic carbocycles. The van der Waals surface area contributed by atoms with Crippen molar-refractivity contribution in [3.63, 3.8) is 0 Å². The summed E-state index contributed by atoms with van der Waals surface area (Å²) in [5, 5.41) is 6.09. The Morgan fingerprint density at radius 2 is 1.90 bits per heavy atom. The van der Waals surface area contributed by atoms with Crippen molar-refractivity contribution in [3.8, 4) is 11.5 Å². The zero-order chi connectivity index (χ0) is 22.1. The maximum Gasteiger partial charge on any atom is 0.307 e. The van der Waals surface area contributed by atoms with E-state index in [0.29, 0.717) is 17.2 Å². The van der Waals surface area contributed by atoms with Gasteiger partial charge in [0, 0.05) is 11.8 Å². The molecule has 1 amide bonds. The van der Waals surface area contributed by atoms with Crippen molar-refractivity contribution in [2.24, 2.45) is 0 Å². The van der Waals surface area contributed by atoms with Gasteiger partial charge >= 0.3 is 5.97 Å². The van der Waals surface area contributed by atoms with Gasteiger partial charge in [-0.3, -0.25) is 19.9 Å². The molecule has 0 saturated heterocycles. The number of aromatic nitrogens is 1. The van der Waals surface area contributed by atoms with Gasteiger partial charge < -0.3 is 19.5 Å². The Bertz CT molecular complexity index is 859. The maximum atomic E-state index is 12.6. The standard InChI is InChI=1S/C22H29N3O5/c1-15(17-12-16(28-3)9-10-18(17)29-4)25-20(26)14-24-22(2,13-21(27)30-5)19-8-6-7-11-23-19/h6-12,15,24H,13-14H2,1-5H3,(H,25,26)/t15-,22+/m0/s1. The van der Waals surface area contributed by atoms with Gasteiger partial charge in [0.15, 0.2) is 0 Å². The summed E-state index contributed by atoms with van der Waals surface area (Å²) in [6.45, 7) is 3.66. The van der Waals surface area contributed by atoms with Gasteiger partial charge in [-0.2, -0.15) is 0 Å². The molecule has 0 radical (unpaired) electrons. The van der Waals surface area contributed by atoms with Crippen LogP contribution in [0.2, 0.25) is 0 Å². The number of rotatable bonds is 10. The van der Waals surface area contributed by atoms with E-state index >= 15 is 0 Å². The summed E-state index contributed by atoms with van der Waals surface area (Å²) in [6, 6.07) is 10.5. The monoisotopic (exact) mass is 415 g/mol. The number of esters is 1. The first-order valence-electron chi connectivity index (χ1n) is 9.57. The van der Waals surface area contributed by atoms with E-state index in [2.05, 4.69) is 15.6 Å². The number of amides is 1. The minimum Gasteiger partial charge on any atom is -0.497 e. The molecule has 1 aromatic heterocycles. The van der Waals surface area contributed by atoms with E-state index in [9.17, 15) is 9.59 Å². The third-order valence-corrected chi connectivity index (χ3v) is 4.88. The van der Waals surface area contributed by atoms with Crippen molar-refractivity contribution in [2.75, 3.05) is 27.9 Å². The fourth-order valence-corrected chi connectivity index (χ4v) is 3.12. The van der Waals surface area contributed by atoms with Gasteiger partial charge in [0.1, 0.15) is 11.5 Å². The number of hydrogen-bond acceptors (Lipinski definition) is 7. The lowest BCUT2D eigenvalue weighted by Gasteiger charge is -2.29. The van der Waals surface area contributed by atoms with E-state index in [1.165, 1.54) is 7.11 Å². The zero-order valence-electron chi connectivity index (χ0n) is 18.0. The van der Waals surface area contributed by atoms with Gasteiger partial charge in [0.25, 0.3) is 0 Å². The van der Waals surface area contributed by atoms with Gasteiger partial charge in [-0.25, -0.2) is 0 Å². The van der Waals surface area contributed by atoms with Crippen molar-refractivity contribution >= 4 is 11.9 Å². The van der Waals surface area contributed by atoms with Crippen molar-refractivity contribution in [2.45, 2.75) is 31.8 Å². The molecule has 0 spiro atoms. The van der Waals surface area contributed by atoms with Crippen LogP contribution in [0, 0.1) is 0 Å². The average Bonchev–Trinajstić information content (AvgIpc) is 2.77. The highest BCUT2D eigenvalue weighted by Gasteiger charge is 2.32. The van der Waals surface area contributed by atoms with Crippen LogP contribution in [0.4, 0.5) is 0 Å². The SMILES string of the molecule is COC(=O)C[C@@](C)(NCC(=O)N[C@@H](C)c1cc(OC)ccc1OC)c1ccccn1. The summed E-state index contributed by atoms with van der Waals surface area (Å²) in [5.41, 5.74) is 0.584. The smallest absolute Gasteiger partial charge is 0.307 e. The molecule has 2 N–H and O–H groups in total. The van der Waals surface area contributed by atoms with Crippen molar-refractivity contribution in [3.05, 3.63) is 53.9 Å². The highest BCUT2D eigenvalue weighted by molar-refractivity contribution is 5.79. The highest BCUT2D eigenvalue weighted by atomic mass is 16.5. The quantitative estimate of drug-likeness (QED) is 0.575. The van der Waals surface area contributed by atoms with E-state index in [4.69, 9.17) is 14.2 Å². The first-order valence-corrected chi connectivity index (χ1v) is 9.57. The van der Waals surface area contributed by atoms with Gasteiger partial charge in [0.2, 0.25) is 5.91 Å². The molecule has 0 bridgehead atoms. The van der Waals surface area contributed by atoms with Crippen LogP contribution in [0.3, 0.4) is 0 Å². The van der Waals surface area contributed by atoms with Crippen LogP contribution >= 0.6 is 0 Å². The van der Waals surface area contributed by atoms with Gasteiger partial charge in [-0.1, -0.05) is 6.07 Å². The average molecular weight is 415 g/mol. The molecule has 2 aromatic rings. The summed E-state index contributed by atoms with van der Waals surface area (Å²) in [4.78, 5) is 28.9. The van der Waals surface area contributed by atoms with Crippen LogP contribution in [0.5, 0.6) is 11.5 Å². The molecule has 2 rings (SSSR count). The zero-order valence-corrected chi connectivity index (χ0v) is 18.0. The third-order valence-electron chi connectivity index (χ3n) is 4.88. The molecule has 1 aromatic carbocycles. The fourth-order valence-electron chi connectivity index (χ4n) is 3.12. The van der Waals surface area contributed by atoms with E-state index in [1.807, 2.05) is 26.0 Å². The predicted octanol–water partition coefficient (Wildman–Crippen LogP) is 2.34. The molecule has 2 atom stereocenters. The molecule has 0 unspecified atom stereocenters. The number of pyridine rings is 1. The Morgan fingerprint density at radius 1 is 1.13 bits per heavy atom. The lowest BCUT2D eigenvalue weighted by Crippen LogP contribution is -2.47. The largest absolute Gasteiger partial charge is 0.497 e. The summed E-state index contributed by atoms with van der Waals surface area (Å²) < 4.78 is 15.5. The number of carbonyl (C=O) groups excluding carboxylic acids is 2. The Morgan fingerprint density at radius 3 is 2.50 bits per heavy atom. The molecule has 1 heterocycles. The molecule has 0 aliphatic heterocycles. The lowest BCUT2D eigenvalue weighted by atomic mass is 9.92. The van der Waals surface area contributed by atoms with E-state index in [1.54, 1.807) is 44.7 Å². The molecule has 0 fully saturated rings. The molecule has 0 aliphatic rings. The number of hydrogen-bond donors (Lipinski definition) is 2.